The van der Waals surface area contributed by atoms with Gasteiger partial charge in [0.2, 0.25) is 0 Å². The minimum atomic E-state index is -1.83. The first-order chi connectivity index (χ1) is 7.47. The summed E-state index contributed by atoms with van der Waals surface area (Å²) in [4.78, 5) is 18.8. The molecule has 0 bridgehead atoms. The van der Waals surface area contributed by atoms with Crippen molar-refractivity contribution in [1.29, 1.82) is 0 Å². The van der Waals surface area contributed by atoms with E-state index in [-0.39, 0.29) is 0 Å². The summed E-state index contributed by atoms with van der Waals surface area (Å²) in [7, 11) is 0. The number of carboxylic acid groups (broad SMARTS) is 3. The summed E-state index contributed by atoms with van der Waals surface area (Å²) < 4.78 is 4.55. The number of aryl methyl sites for hydroxylation is 1. The van der Waals surface area contributed by atoms with Gasteiger partial charge in [0.15, 0.2) is 0 Å². The molecule has 3 N–H and O–H groups in total. The molecule has 0 amide bonds. The number of para-hydroxylation sites is 1. The van der Waals surface area contributed by atoms with Crippen LogP contribution in [0.1, 0.15) is 12.5 Å². The Hall–Kier alpha value is -2.24. The van der Waals surface area contributed by atoms with Gasteiger partial charge in [-0.05, 0) is 18.1 Å². The predicted octanol–water partition coefficient (Wildman–Crippen LogP) is 2.53. The van der Waals surface area contributed by atoms with Gasteiger partial charge >= 0.3 is 12.3 Å². The molecule has 0 aliphatic heterocycles. The maximum Gasteiger partial charge on any atom is 0.511 e. The van der Waals surface area contributed by atoms with Crippen LogP contribution in [0.2, 0.25) is 0 Å². The van der Waals surface area contributed by atoms with Crippen molar-refractivity contribution in [1.82, 2.24) is 0 Å². The lowest BCUT2D eigenvalue weighted by Crippen LogP contribution is -2.04. The Morgan fingerprint density at radius 1 is 1.19 bits per heavy atom. The normalized spacial score (nSPS) is 8.56. The summed E-state index contributed by atoms with van der Waals surface area (Å²) in [5, 5.41) is 22.3. The van der Waals surface area contributed by atoms with Crippen LogP contribution < -0.4 is 4.74 Å². The second kappa shape index (κ2) is 7.10. The van der Waals surface area contributed by atoms with Crippen molar-refractivity contribution in [2.75, 3.05) is 0 Å². The van der Waals surface area contributed by atoms with E-state index in [0.717, 1.165) is 12.0 Å². The van der Waals surface area contributed by atoms with Crippen molar-refractivity contribution in [2.24, 2.45) is 0 Å². The summed E-state index contributed by atoms with van der Waals surface area (Å²) in [6.07, 6.45) is -2.33. The van der Waals surface area contributed by atoms with Gasteiger partial charge in [-0.15, -0.1) is 0 Å². The molecule has 1 aromatic carbocycles. The average Bonchev–Trinajstić information content (AvgIpc) is 2.17. The predicted molar refractivity (Wildman–Crippen MR) is 55.1 cm³/mol. The van der Waals surface area contributed by atoms with E-state index in [0.29, 0.717) is 5.75 Å². The molecular weight excluding hydrogens is 216 g/mol. The molecule has 0 saturated heterocycles. The molecule has 1 aromatic rings. The molecule has 88 valence electrons. The molecule has 0 atom stereocenters. The molecule has 0 saturated carbocycles. The monoisotopic (exact) mass is 228 g/mol. The highest BCUT2D eigenvalue weighted by atomic mass is 16.7. The average molecular weight is 228 g/mol. The quantitative estimate of drug-likeness (QED) is 0.530. The molecule has 6 heteroatoms. The lowest BCUT2D eigenvalue weighted by Gasteiger charge is -2.04. The summed E-state index contributed by atoms with van der Waals surface area (Å²) >= 11 is 0. The standard InChI is InChI=1S/C9H10O3.CH2O3/c1-2-7-5-3-4-6-8(7)12-9(10)11;2-1(3)4/h3-6H,2H2,1H3,(H,10,11);(H2,2,3,4). The van der Waals surface area contributed by atoms with Gasteiger partial charge in [0.05, 0.1) is 0 Å². The zero-order valence-corrected chi connectivity index (χ0v) is 8.58. The molecule has 0 aromatic heterocycles. The van der Waals surface area contributed by atoms with Crippen LogP contribution in [-0.4, -0.2) is 27.6 Å². The number of carbonyl (C=O) groups is 2. The van der Waals surface area contributed by atoms with Gasteiger partial charge < -0.3 is 20.1 Å². The minimum absolute atomic E-state index is 0.424. The maximum atomic E-state index is 10.2. The second-order valence-corrected chi connectivity index (χ2v) is 2.61. The molecule has 0 aliphatic rings. The van der Waals surface area contributed by atoms with Crippen molar-refractivity contribution >= 4 is 12.3 Å². The maximum absolute atomic E-state index is 10.2. The van der Waals surface area contributed by atoms with Crippen LogP contribution in [0.25, 0.3) is 0 Å². The van der Waals surface area contributed by atoms with Gasteiger partial charge in [-0.1, -0.05) is 25.1 Å². The molecular formula is C10H12O6. The van der Waals surface area contributed by atoms with Crippen LogP contribution in [0.5, 0.6) is 5.75 Å². The fourth-order valence-electron chi connectivity index (χ4n) is 0.990. The molecule has 0 heterocycles. The molecule has 0 unspecified atom stereocenters. The molecule has 0 spiro atoms. The Morgan fingerprint density at radius 2 is 1.69 bits per heavy atom. The van der Waals surface area contributed by atoms with Gasteiger partial charge in [-0.3, -0.25) is 0 Å². The largest absolute Gasteiger partial charge is 0.511 e. The topological polar surface area (TPSA) is 104 Å². The van der Waals surface area contributed by atoms with Crippen LogP contribution in [0, 0.1) is 0 Å². The van der Waals surface area contributed by atoms with Crippen LogP contribution in [0.15, 0.2) is 24.3 Å². The fraction of sp³-hybridized carbons (Fsp3) is 0.200. The molecule has 6 nitrogen and oxygen atoms in total. The first-order valence-electron chi connectivity index (χ1n) is 4.38. The number of hydrogen-bond acceptors (Lipinski definition) is 3. The third kappa shape index (κ3) is 6.25. The van der Waals surface area contributed by atoms with Crippen LogP contribution in [-0.2, 0) is 6.42 Å². The van der Waals surface area contributed by atoms with Gasteiger partial charge in [-0.2, -0.15) is 0 Å². The first-order valence-corrected chi connectivity index (χ1v) is 4.38. The number of hydrogen-bond donors (Lipinski definition) is 3. The second-order valence-electron chi connectivity index (χ2n) is 2.61. The third-order valence-corrected chi connectivity index (χ3v) is 1.55. The Balaban J connectivity index is 0.000000487. The fourth-order valence-corrected chi connectivity index (χ4v) is 0.990. The SMILES string of the molecule is CCc1ccccc1OC(=O)O.O=C(O)O. The highest BCUT2D eigenvalue weighted by Crippen LogP contribution is 2.17. The van der Waals surface area contributed by atoms with Crippen molar-refractivity contribution in [3.05, 3.63) is 29.8 Å². The Labute approximate surface area is 91.7 Å². The van der Waals surface area contributed by atoms with E-state index >= 15 is 0 Å². The van der Waals surface area contributed by atoms with Crippen LogP contribution in [0.4, 0.5) is 9.59 Å². The lowest BCUT2D eigenvalue weighted by atomic mass is 10.1. The van der Waals surface area contributed by atoms with Gasteiger partial charge in [-0.25, -0.2) is 9.59 Å². The summed E-state index contributed by atoms with van der Waals surface area (Å²) in [5.41, 5.74) is 0.903. The van der Waals surface area contributed by atoms with Crippen molar-refractivity contribution in [3.63, 3.8) is 0 Å². The lowest BCUT2D eigenvalue weighted by molar-refractivity contribution is 0.136. The van der Waals surface area contributed by atoms with E-state index in [2.05, 4.69) is 4.74 Å². The highest BCUT2D eigenvalue weighted by molar-refractivity contribution is 5.62. The Morgan fingerprint density at radius 3 is 2.12 bits per heavy atom. The van der Waals surface area contributed by atoms with E-state index in [1.807, 2.05) is 19.1 Å². The van der Waals surface area contributed by atoms with E-state index in [9.17, 15) is 4.79 Å². The molecule has 0 radical (unpaired) electrons. The smallest absolute Gasteiger partial charge is 0.450 e. The van der Waals surface area contributed by atoms with Crippen LogP contribution in [0.3, 0.4) is 0 Å². The zero-order valence-electron chi connectivity index (χ0n) is 8.58. The van der Waals surface area contributed by atoms with E-state index < -0.39 is 12.3 Å². The highest BCUT2D eigenvalue weighted by Gasteiger charge is 2.04. The molecule has 0 aliphatic carbocycles. The van der Waals surface area contributed by atoms with Crippen molar-refractivity contribution < 1.29 is 29.6 Å². The van der Waals surface area contributed by atoms with Crippen molar-refractivity contribution in [3.8, 4) is 5.75 Å². The van der Waals surface area contributed by atoms with E-state index in [4.69, 9.17) is 20.1 Å². The summed E-state index contributed by atoms with van der Waals surface area (Å²) in [6.45, 7) is 1.95. The van der Waals surface area contributed by atoms with E-state index in [1.54, 1.807) is 12.1 Å². The third-order valence-electron chi connectivity index (χ3n) is 1.55. The van der Waals surface area contributed by atoms with Gasteiger partial charge in [0.1, 0.15) is 5.75 Å². The molecule has 16 heavy (non-hydrogen) atoms. The number of rotatable bonds is 2. The number of ether oxygens (including phenoxy) is 1. The summed E-state index contributed by atoms with van der Waals surface area (Å²) in [5.74, 6) is 0.424. The number of benzene rings is 1. The summed E-state index contributed by atoms with van der Waals surface area (Å²) in [6, 6.07) is 7.09. The zero-order chi connectivity index (χ0) is 12.6. The Bertz CT molecular complexity index is 356. The van der Waals surface area contributed by atoms with Crippen LogP contribution >= 0.6 is 0 Å². The minimum Gasteiger partial charge on any atom is -0.450 e. The molecule has 0 fully saturated rings. The van der Waals surface area contributed by atoms with Gasteiger partial charge in [0.25, 0.3) is 0 Å². The first kappa shape index (κ1) is 13.8. The Kier molecular flexibility index (Phi) is 6.11. The van der Waals surface area contributed by atoms with E-state index in [1.165, 1.54) is 0 Å². The van der Waals surface area contributed by atoms with Crippen molar-refractivity contribution in [2.45, 2.75) is 13.3 Å². The molecule has 1 rings (SSSR count). The van der Waals surface area contributed by atoms with Gasteiger partial charge in [0, 0.05) is 0 Å².